The van der Waals surface area contributed by atoms with E-state index in [1.165, 1.54) is 0 Å². The summed E-state index contributed by atoms with van der Waals surface area (Å²) in [5.74, 6) is -1.64. The Balaban J connectivity index is 3.13. The van der Waals surface area contributed by atoms with E-state index in [9.17, 15) is 14.4 Å². The largest absolute Gasteiger partial charge is 0.478 e. The molecule has 0 aliphatic rings. The minimum Gasteiger partial charge on any atom is -0.478 e. The lowest BCUT2D eigenvalue weighted by Gasteiger charge is -2.06. The number of nitrogens with two attached hydrogens (primary N) is 2. The highest BCUT2D eigenvalue weighted by Crippen LogP contribution is 2.23. The van der Waals surface area contributed by atoms with Crippen molar-refractivity contribution in [3.8, 4) is 11.5 Å². The fourth-order valence-electron chi connectivity index (χ4n) is 1.05. The summed E-state index contributed by atoms with van der Waals surface area (Å²) < 4.78 is 8.94. The number of hydrogen-bond acceptors (Lipinski definition) is 5. The molecule has 0 fully saturated rings. The topological polar surface area (TPSA) is 142 Å². The van der Waals surface area contributed by atoms with Gasteiger partial charge in [0.2, 0.25) is 0 Å². The standard InChI is InChI=1S/C9H8N2O6/c10-8(14)16-5-1-4(7(12)13)2-6(3-5)17-9(11)15/h1-3H,(H2,10,14)(H2,11,15)(H,12,13). The van der Waals surface area contributed by atoms with Gasteiger partial charge in [0.05, 0.1) is 5.56 Å². The van der Waals surface area contributed by atoms with Gasteiger partial charge in [0.25, 0.3) is 0 Å². The van der Waals surface area contributed by atoms with Crippen LogP contribution in [0.5, 0.6) is 11.5 Å². The van der Waals surface area contributed by atoms with Gasteiger partial charge in [-0.05, 0) is 12.1 Å². The van der Waals surface area contributed by atoms with Gasteiger partial charge in [0.1, 0.15) is 11.5 Å². The molecular weight excluding hydrogens is 232 g/mol. The van der Waals surface area contributed by atoms with Gasteiger partial charge in [-0.25, -0.2) is 14.4 Å². The number of aromatic carboxylic acids is 1. The van der Waals surface area contributed by atoms with Crippen molar-refractivity contribution in [1.82, 2.24) is 0 Å². The Morgan fingerprint density at radius 3 is 1.65 bits per heavy atom. The van der Waals surface area contributed by atoms with E-state index in [-0.39, 0.29) is 17.1 Å². The first kappa shape index (κ1) is 12.3. The molecule has 0 aliphatic carbocycles. The van der Waals surface area contributed by atoms with E-state index in [1.54, 1.807) is 0 Å². The van der Waals surface area contributed by atoms with Crippen LogP contribution in [0.3, 0.4) is 0 Å². The highest BCUT2D eigenvalue weighted by atomic mass is 16.6. The van der Waals surface area contributed by atoms with Crippen molar-refractivity contribution in [2.75, 3.05) is 0 Å². The second kappa shape index (κ2) is 4.84. The van der Waals surface area contributed by atoms with Gasteiger partial charge in [-0.1, -0.05) is 0 Å². The van der Waals surface area contributed by atoms with Crippen molar-refractivity contribution in [3.05, 3.63) is 23.8 Å². The number of carboxylic acid groups (broad SMARTS) is 1. The van der Waals surface area contributed by atoms with E-state index in [2.05, 4.69) is 9.47 Å². The van der Waals surface area contributed by atoms with Crippen molar-refractivity contribution >= 4 is 18.2 Å². The molecule has 0 aromatic heterocycles. The van der Waals surface area contributed by atoms with Gasteiger partial charge in [0.15, 0.2) is 0 Å². The van der Waals surface area contributed by atoms with Gasteiger partial charge in [-0.15, -0.1) is 0 Å². The maximum absolute atomic E-state index is 10.7. The normalized spacial score (nSPS) is 9.41. The number of hydrogen-bond donors (Lipinski definition) is 3. The van der Waals surface area contributed by atoms with Crippen LogP contribution in [0.1, 0.15) is 10.4 Å². The Kier molecular flexibility index (Phi) is 3.50. The summed E-state index contributed by atoms with van der Waals surface area (Å²) in [7, 11) is 0. The smallest absolute Gasteiger partial charge is 0.409 e. The first-order valence-electron chi connectivity index (χ1n) is 4.21. The summed E-state index contributed by atoms with van der Waals surface area (Å²) in [5.41, 5.74) is 9.27. The lowest BCUT2D eigenvalue weighted by Crippen LogP contribution is -2.18. The van der Waals surface area contributed by atoms with Crippen molar-refractivity contribution in [2.24, 2.45) is 11.5 Å². The van der Waals surface area contributed by atoms with Crippen LogP contribution in [0.25, 0.3) is 0 Å². The van der Waals surface area contributed by atoms with Crippen molar-refractivity contribution in [1.29, 1.82) is 0 Å². The minimum atomic E-state index is -1.30. The number of primary amides is 2. The van der Waals surface area contributed by atoms with Crippen LogP contribution in [-0.2, 0) is 0 Å². The zero-order valence-electron chi connectivity index (χ0n) is 8.38. The third kappa shape index (κ3) is 3.70. The summed E-state index contributed by atoms with van der Waals surface area (Å²) in [4.78, 5) is 31.7. The van der Waals surface area contributed by atoms with Crippen LogP contribution < -0.4 is 20.9 Å². The zero-order chi connectivity index (χ0) is 13.0. The minimum absolute atomic E-state index is 0.173. The van der Waals surface area contributed by atoms with Crippen LogP contribution in [0.15, 0.2) is 18.2 Å². The Morgan fingerprint density at radius 1 is 0.941 bits per heavy atom. The lowest BCUT2D eigenvalue weighted by atomic mass is 10.2. The maximum atomic E-state index is 10.7. The second-order valence-electron chi connectivity index (χ2n) is 2.84. The number of carboxylic acids is 1. The molecule has 1 rings (SSSR count). The summed E-state index contributed by atoms with van der Waals surface area (Å²) in [6, 6.07) is 3.18. The van der Waals surface area contributed by atoms with Crippen LogP contribution in [0, 0.1) is 0 Å². The van der Waals surface area contributed by atoms with E-state index in [4.69, 9.17) is 16.6 Å². The van der Waals surface area contributed by atoms with Crippen LogP contribution in [0.4, 0.5) is 9.59 Å². The summed E-state index contributed by atoms with van der Waals surface area (Å²) in [6.07, 6.45) is -2.25. The number of benzene rings is 1. The predicted molar refractivity (Wildman–Crippen MR) is 53.8 cm³/mol. The van der Waals surface area contributed by atoms with Crippen LogP contribution in [0.2, 0.25) is 0 Å². The molecule has 8 nitrogen and oxygen atoms in total. The van der Waals surface area contributed by atoms with Gasteiger partial charge < -0.3 is 26.0 Å². The lowest BCUT2D eigenvalue weighted by molar-refractivity contribution is 0.0695. The highest BCUT2D eigenvalue weighted by molar-refractivity contribution is 5.89. The fourth-order valence-corrected chi connectivity index (χ4v) is 1.05. The average Bonchev–Trinajstić information content (AvgIpc) is 2.14. The Hall–Kier alpha value is -2.77. The molecule has 90 valence electrons. The van der Waals surface area contributed by atoms with Gasteiger partial charge in [-0.3, -0.25) is 0 Å². The van der Waals surface area contributed by atoms with Gasteiger partial charge in [-0.2, -0.15) is 0 Å². The van der Waals surface area contributed by atoms with E-state index in [0.29, 0.717) is 0 Å². The molecule has 0 spiro atoms. The Morgan fingerprint density at radius 2 is 1.35 bits per heavy atom. The van der Waals surface area contributed by atoms with Gasteiger partial charge in [0, 0.05) is 6.07 Å². The number of carbonyl (C=O) groups is 3. The molecule has 0 unspecified atom stereocenters. The molecule has 0 radical (unpaired) electrons. The monoisotopic (exact) mass is 240 g/mol. The van der Waals surface area contributed by atoms with E-state index < -0.39 is 18.2 Å². The van der Waals surface area contributed by atoms with Gasteiger partial charge >= 0.3 is 18.2 Å². The molecule has 0 saturated heterocycles. The number of amides is 2. The predicted octanol–water partition coefficient (Wildman–Crippen LogP) is 0.300. The van der Waals surface area contributed by atoms with Crippen molar-refractivity contribution in [2.45, 2.75) is 0 Å². The molecule has 1 aromatic carbocycles. The maximum Gasteiger partial charge on any atom is 0.409 e. The molecule has 17 heavy (non-hydrogen) atoms. The van der Waals surface area contributed by atoms with E-state index in [0.717, 1.165) is 18.2 Å². The first-order chi connectivity index (χ1) is 7.88. The molecule has 2 amide bonds. The first-order valence-corrected chi connectivity index (χ1v) is 4.21. The number of carbonyl (C=O) groups excluding carboxylic acids is 2. The number of rotatable bonds is 3. The highest BCUT2D eigenvalue weighted by Gasteiger charge is 2.11. The molecule has 0 bridgehead atoms. The third-order valence-corrected chi connectivity index (χ3v) is 1.56. The van der Waals surface area contributed by atoms with Crippen molar-refractivity contribution < 1.29 is 29.0 Å². The summed E-state index contributed by atoms with van der Waals surface area (Å²) in [6.45, 7) is 0. The second-order valence-corrected chi connectivity index (χ2v) is 2.84. The molecule has 1 aromatic rings. The Labute approximate surface area is 94.7 Å². The Bertz CT molecular complexity index is 450. The van der Waals surface area contributed by atoms with Crippen molar-refractivity contribution in [3.63, 3.8) is 0 Å². The number of ether oxygens (including phenoxy) is 2. The quantitative estimate of drug-likeness (QED) is 0.693. The SMILES string of the molecule is NC(=O)Oc1cc(OC(N)=O)cc(C(=O)O)c1. The molecule has 0 aliphatic heterocycles. The third-order valence-electron chi connectivity index (χ3n) is 1.56. The molecule has 0 saturated carbocycles. The molecule has 0 atom stereocenters. The van der Waals surface area contributed by atoms with E-state index >= 15 is 0 Å². The molecule has 0 heterocycles. The molecular formula is C9H8N2O6. The summed E-state index contributed by atoms with van der Waals surface area (Å²) >= 11 is 0. The van der Waals surface area contributed by atoms with Crippen LogP contribution >= 0.6 is 0 Å². The fraction of sp³-hybridized carbons (Fsp3) is 0. The zero-order valence-corrected chi connectivity index (χ0v) is 8.38. The average molecular weight is 240 g/mol. The van der Waals surface area contributed by atoms with Crippen LogP contribution in [-0.4, -0.2) is 23.3 Å². The van der Waals surface area contributed by atoms with E-state index in [1.807, 2.05) is 0 Å². The molecule has 5 N–H and O–H groups in total. The molecule has 8 heteroatoms. The summed E-state index contributed by atoms with van der Waals surface area (Å²) in [5, 5.41) is 8.76.